The summed E-state index contributed by atoms with van der Waals surface area (Å²) < 4.78 is 0. The highest BCUT2D eigenvalue weighted by molar-refractivity contribution is 5.86. The van der Waals surface area contributed by atoms with Crippen LogP contribution in [0.3, 0.4) is 0 Å². The highest BCUT2D eigenvalue weighted by Crippen LogP contribution is 2.37. The van der Waals surface area contributed by atoms with E-state index in [1.165, 1.54) is 0 Å². The van der Waals surface area contributed by atoms with Crippen LogP contribution in [-0.2, 0) is 0 Å². The van der Waals surface area contributed by atoms with Gasteiger partial charge in [0.15, 0.2) is 34.9 Å². The van der Waals surface area contributed by atoms with Gasteiger partial charge in [-0.3, -0.25) is 0 Å². The molecule has 0 aliphatic heterocycles. The van der Waals surface area contributed by atoms with Crippen molar-refractivity contribution in [2.45, 2.75) is 0 Å². The molecule has 2 aromatic heterocycles. The molecule has 7 nitrogen and oxygen atoms in total. The van der Waals surface area contributed by atoms with Gasteiger partial charge in [-0.1, -0.05) is 206 Å². The third-order valence-corrected chi connectivity index (χ3v) is 11.8. The van der Waals surface area contributed by atoms with Crippen LogP contribution in [0.25, 0.3) is 113 Å². The monoisotopic (exact) mass is 869 g/mol. The summed E-state index contributed by atoms with van der Waals surface area (Å²) in [7, 11) is 0. The second-order valence-corrected chi connectivity index (χ2v) is 16.3. The summed E-state index contributed by atoms with van der Waals surface area (Å²) in [6, 6.07) is 81.9. The molecule has 0 saturated heterocycles. The largest absolute Gasteiger partial charge is 0.208 e. The van der Waals surface area contributed by atoms with Gasteiger partial charge in [-0.2, -0.15) is 5.26 Å². The lowest BCUT2D eigenvalue weighted by Gasteiger charge is -2.14. The SMILES string of the molecule is N#Cc1cccc(-c2cccc(-c3cccc(-c4nc(-c5ccccc5)nc(-c5ccc(-c6ccc(-c7ccccc7)cc6-c6nc(-c7ccccc7)nc(-c7ccccc7)n6)cc5)n4)c3)c2)c1. The maximum Gasteiger partial charge on any atom is 0.164 e. The molecule has 0 atom stereocenters. The third kappa shape index (κ3) is 8.69. The molecule has 0 bridgehead atoms. The first-order valence-electron chi connectivity index (χ1n) is 22.3. The van der Waals surface area contributed by atoms with Gasteiger partial charge in [0, 0.05) is 33.4 Å². The topological polar surface area (TPSA) is 101 Å². The van der Waals surface area contributed by atoms with E-state index in [0.29, 0.717) is 40.5 Å². The van der Waals surface area contributed by atoms with E-state index in [9.17, 15) is 5.26 Å². The zero-order chi connectivity index (χ0) is 45.7. The van der Waals surface area contributed by atoms with Crippen LogP contribution in [0.4, 0.5) is 0 Å². The van der Waals surface area contributed by atoms with Crippen LogP contribution in [0.2, 0.25) is 0 Å². The second-order valence-electron chi connectivity index (χ2n) is 16.3. The van der Waals surface area contributed by atoms with Gasteiger partial charge in [0.2, 0.25) is 0 Å². The molecule has 0 aliphatic rings. The standard InChI is InChI=1S/C61H39N7/c62-40-41-16-13-25-48(36-41)49-26-14-27-50(37-49)51-28-15-29-53(38-51)60-65-56(44-19-7-2-8-20-44)63-59(66-60)47-32-30-43(31-33-47)54-35-34-52(42-17-5-1-6-18-42)39-55(54)61-67-57(45-21-9-3-10-22-45)64-58(68-61)46-23-11-4-12-24-46/h1-39H. The molecule has 0 saturated carbocycles. The van der Waals surface area contributed by atoms with Crippen molar-refractivity contribution < 1.29 is 0 Å². The first kappa shape index (κ1) is 41.2. The van der Waals surface area contributed by atoms with Crippen LogP contribution in [-0.4, -0.2) is 29.9 Å². The summed E-state index contributed by atoms with van der Waals surface area (Å²) in [5, 5.41) is 9.52. The Bertz CT molecular complexity index is 3550. The van der Waals surface area contributed by atoms with Crippen LogP contribution in [0.5, 0.6) is 0 Å². The van der Waals surface area contributed by atoms with E-state index in [1.54, 1.807) is 0 Å². The lowest BCUT2D eigenvalue weighted by Crippen LogP contribution is -2.01. The fraction of sp³-hybridized carbons (Fsp3) is 0. The van der Waals surface area contributed by atoms with Gasteiger partial charge in [0.1, 0.15) is 0 Å². The van der Waals surface area contributed by atoms with Crippen LogP contribution >= 0.6 is 0 Å². The minimum atomic E-state index is 0.558. The Morgan fingerprint density at radius 2 is 0.544 bits per heavy atom. The summed E-state index contributed by atoms with van der Waals surface area (Å²) in [4.78, 5) is 30.5. The number of aromatic nitrogens is 6. The van der Waals surface area contributed by atoms with Crippen LogP contribution in [0, 0.1) is 11.3 Å². The zero-order valence-corrected chi connectivity index (χ0v) is 36.6. The van der Waals surface area contributed by atoms with Gasteiger partial charge < -0.3 is 0 Å². The summed E-state index contributed by atoms with van der Waals surface area (Å²) in [5.74, 6) is 3.48. The fourth-order valence-corrected chi connectivity index (χ4v) is 8.35. The first-order chi connectivity index (χ1) is 33.6. The van der Waals surface area contributed by atoms with Crippen molar-refractivity contribution in [2.24, 2.45) is 0 Å². The highest BCUT2D eigenvalue weighted by atomic mass is 15.0. The number of rotatable bonds is 10. The lowest BCUT2D eigenvalue weighted by atomic mass is 9.93. The predicted octanol–water partition coefficient (Wildman–Crippen LogP) is 14.6. The van der Waals surface area contributed by atoms with E-state index < -0.39 is 0 Å². The molecule has 9 aromatic carbocycles. The molecule has 11 aromatic rings. The average molecular weight is 870 g/mol. The summed E-state index contributed by atoms with van der Waals surface area (Å²) in [6.45, 7) is 0. The molecule has 0 N–H and O–H groups in total. The molecular weight excluding hydrogens is 831 g/mol. The molecule has 7 heteroatoms. The molecular formula is C61H39N7. The third-order valence-electron chi connectivity index (χ3n) is 11.8. The Labute approximate surface area is 394 Å². The Morgan fingerprint density at radius 3 is 1.03 bits per heavy atom. The van der Waals surface area contributed by atoms with E-state index in [4.69, 9.17) is 29.9 Å². The normalized spacial score (nSPS) is 10.9. The molecule has 0 fully saturated rings. The second kappa shape index (κ2) is 18.5. The minimum absolute atomic E-state index is 0.558. The number of benzene rings is 9. The molecule has 2 heterocycles. The van der Waals surface area contributed by atoms with E-state index in [0.717, 1.165) is 77.9 Å². The van der Waals surface area contributed by atoms with E-state index >= 15 is 0 Å². The Kier molecular flexibility index (Phi) is 11.2. The van der Waals surface area contributed by atoms with Gasteiger partial charge >= 0.3 is 0 Å². The fourth-order valence-electron chi connectivity index (χ4n) is 8.35. The quantitative estimate of drug-likeness (QED) is 0.135. The summed E-state index contributed by atoms with van der Waals surface area (Å²) >= 11 is 0. The molecule has 0 aliphatic carbocycles. The van der Waals surface area contributed by atoms with Gasteiger partial charge in [-0.15, -0.1) is 0 Å². The Morgan fingerprint density at radius 1 is 0.221 bits per heavy atom. The zero-order valence-electron chi connectivity index (χ0n) is 36.6. The van der Waals surface area contributed by atoms with Crippen LogP contribution in [0.15, 0.2) is 237 Å². The molecule has 0 amide bonds. The van der Waals surface area contributed by atoms with Crippen LogP contribution in [0.1, 0.15) is 5.56 Å². The van der Waals surface area contributed by atoms with E-state index in [1.807, 2.05) is 140 Å². The van der Waals surface area contributed by atoms with Crippen molar-refractivity contribution in [3.63, 3.8) is 0 Å². The smallest absolute Gasteiger partial charge is 0.164 e. The van der Waals surface area contributed by atoms with Crippen molar-refractivity contribution >= 4 is 0 Å². The number of hydrogen-bond donors (Lipinski definition) is 0. The highest BCUT2D eigenvalue weighted by Gasteiger charge is 2.19. The maximum absolute atomic E-state index is 9.52. The maximum atomic E-state index is 9.52. The summed E-state index contributed by atoms with van der Waals surface area (Å²) in [5.41, 5.74) is 14.1. The van der Waals surface area contributed by atoms with Gasteiger partial charge in [0.05, 0.1) is 11.6 Å². The van der Waals surface area contributed by atoms with Crippen molar-refractivity contribution in [1.29, 1.82) is 5.26 Å². The van der Waals surface area contributed by atoms with Crippen molar-refractivity contribution in [1.82, 2.24) is 29.9 Å². The number of nitrogens with zero attached hydrogens (tertiary/aromatic N) is 7. The lowest BCUT2D eigenvalue weighted by molar-refractivity contribution is 1.07. The first-order valence-corrected chi connectivity index (χ1v) is 22.3. The van der Waals surface area contributed by atoms with Crippen molar-refractivity contribution in [3.05, 3.63) is 242 Å². The summed E-state index contributed by atoms with van der Waals surface area (Å²) in [6.07, 6.45) is 0. The van der Waals surface area contributed by atoms with Gasteiger partial charge in [-0.25, -0.2) is 29.9 Å². The van der Waals surface area contributed by atoms with Crippen molar-refractivity contribution in [3.8, 4) is 119 Å². The Balaban J connectivity index is 1.00. The van der Waals surface area contributed by atoms with Crippen LogP contribution < -0.4 is 0 Å². The van der Waals surface area contributed by atoms with Gasteiger partial charge in [0.25, 0.3) is 0 Å². The van der Waals surface area contributed by atoms with Crippen molar-refractivity contribution in [2.75, 3.05) is 0 Å². The average Bonchev–Trinajstić information content (AvgIpc) is 3.43. The van der Waals surface area contributed by atoms with E-state index in [2.05, 4.69) is 103 Å². The number of hydrogen-bond acceptors (Lipinski definition) is 7. The molecule has 0 unspecified atom stereocenters. The molecule has 0 radical (unpaired) electrons. The van der Waals surface area contributed by atoms with E-state index in [-0.39, 0.29) is 0 Å². The predicted molar refractivity (Wildman–Crippen MR) is 272 cm³/mol. The molecule has 0 spiro atoms. The molecule has 68 heavy (non-hydrogen) atoms. The molecule has 11 rings (SSSR count). The van der Waals surface area contributed by atoms with Gasteiger partial charge in [-0.05, 0) is 74.8 Å². The molecule has 318 valence electrons. The number of nitriles is 1. The Hall–Kier alpha value is -9.51. The minimum Gasteiger partial charge on any atom is -0.208 e.